The van der Waals surface area contributed by atoms with E-state index in [9.17, 15) is 17.2 Å². The summed E-state index contributed by atoms with van der Waals surface area (Å²) < 4.78 is 53.9. The number of piperazine rings is 1. The summed E-state index contributed by atoms with van der Waals surface area (Å²) in [5.74, 6) is -2.18. The summed E-state index contributed by atoms with van der Waals surface area (Å²) >= 11 is 11.9. The molecule has 0 N–H and O–H groups in total. The van der Waals surface area contributed by atoms with Gasteiger partial charge < -0.3 is 4.90 Å². The lowest BCUT2D eigenvalue weighted by molar-refractivity contribution is 0.378. The lowest BCUT2D eigenvalue weighted by Crippen LogP contribution is -2.49. The zero-order valence-electron chi connectivity index (χ0n) is 12.9. The summed E-state index contributed by atoms with van der Waals surface area (Å²) in [6.45, 7) is 0.952. The number of benzene rings is 2. The predicted molar refractivity (Wildman–Crippen MR) is 93.8 cm³/mol. The number of rotatable bonds is 3. The summed E-state index contributed by atoms with van der Waals surface area (Å²) in [6, 6.07) is 8.15. The topological polar surface area (TPSA) is 40.6 Å². The van der Waals surface area contributed by atoms with Crippen LogP contribution in [0.3, 0.4) is 0 Å². The van der Waals surface area contributed by atoms with Crippen LogP contribution in [0, 0.1) is 11.6 Å². The van der Waals surface area contributed by atoms with E-state index in [0.717, 1.165) is 28.2 Å². The van der Waals surface area contributed by atoms with Crippen molar-refractivity contribution in [2.75, 3.05) is 31.1 Å². The Morgan fingerprint density at radius 3 is 2.04 bits per heavy atom. The summed E-state index contributed by atoms with van der Waals surface area (Å²) in [7, 11) is -4.23. The highest BCUT2D eigenvalue weighted by atomic mass is 35.5. The monoisotopic (exact) mass is 406 g/mol. The van der Waals surface area contributed by atoms with Gasteiger partial charge in [0.15, 0.2) is 4.90 Å². The van der Waals surface area contributed by atoms with Crippen LogP contribution in [-0.4, -0.2) is 38.9 Å². The van der Waals surface area contributed by atoms with E-state index in [0.29, 0.717) is 23.1 Å². The van der Waals surface area contributed by atoms with Crippen molar-refractivity contribution in [3.05, 3.63) is 58.1 Å². The molecule has 3 rings (SSSR count). The molecule has 0 aromatic heterocycles. The van der Waals surface area contributed by atoms with Crippen molar-refractivity contribution in [2.45, 2.75) is 4.90 Å². The van der Waals surface area contributed by atoms with E-state index < -0.39 is 26.6 Å². The van der Waals surface area contributed by atoms with Crippen molar-refractivity contribution in [3.8, 4) is 0 Å². The molecule has 1 aliphatic heterocycles. The smallest absolute Gasteiger partial charge is 0.249 e. The molecule has 2 aromatic carbocycles. The lowest BCUT2D eigenvalue weighted by atomic mass is 10.2. The molecule has 1 aliphatic rings. The highest BCUT2D eigenvalue weighted by Gasteiger charge is 2.33. The third-order valence-corrected chi connectivity index (χ3v) is 6.71. The predicted octanol–water partition coefficient (Wildman–Crippen LogP) is 3.78. The molecule has 0 bridgehead atoms. The molecule has 25 heavy (non-hydrogen) atoms. The van der Waals surface area contributed by atoms with E-state index in [1.165, 1.54) is 0 Å². The Morgan fingerprint density at radius 1 is 0.880 bits per heavy atom. The van der Waals surface area contributed by atoms with Crippen molar-refractivity contribution in [2.24, 2.45) is 0 Å². The van der Waals surface area contributed by atoms with Crippen LogP contribution >= 0.6 is 23.2 Å². The van der Waals surface area contributed by atoms with E-state index in [1.807, 2.05) is 4.90 Å². The van der Waals surface area contributed by atoms with Crippen LogP contribution < -0.4 is 4.90 Å². The number of halogens is 4. The maximum atomic E-state index is 13.8. The van der Waals surface area contributed by atoms with Gasteiger partial charge in [-0.2, -0.15) is 4.31 Å². The van der Waals surface area contributed by atoms with Gasteiger partial charge in [-0.25, -0.2) is 17.2 Å². The molecule has 0 radical (unpaired) electrons. The second-order valence-electron chi connectivity index (χ2n) is 5.54. The minimum Gasteiger partial charge on any atom is -0.369 e. The highest BCUT2D eigenvalue weighted by molar-refractivity contribution is 7.89. The molecule has 0 saturated carbocycles. The zero-order valence-corrected chi connectivity index (χ0v) is 15.3. The molecule has 1 saturated heterocycles. The summed E-state index contributed by atoms with van der Waals surface area (Å²) in [5.41, 5.74) is 0.809. The maximum Gasteiger partial charge on any atom is 0.249 e. The minimum atomic E-state index is -4.23. The van der Waals surface area contributed by atoms with Crippen molar-refractivity contribution in [3.63, 3.8) is 0 Å². The molecule has 134 valence electrons. The summed E-state index contributed by atoms with van der Waals surface area (Å²) in [6.07, 6.45) is 0. The summed E-state index contributed by atoms with van der Waals surface area (Å²) in [5, 5.41) is 0.837. The van der Waals surface area contributed by atoms with Gasteiger partial charge in [0.1, 0.15) is 11.6 Å². The van der Waals surface area contributed by atoms with Gasteiger partial charge in [-0.15, -0.1) is 0 Å². The zero-order chi connectivity index (χ0) is 18.2. The molecule has 0 aliphatic carbocycles. The molecular formula is C16H14Cl2F2N2O2S. The van der Waals surface area contributed by atoms with Crippen LogP contribution in [0.1, 0.15) is 0 Å². The van der Waals surface area contributed by atoms with E-state index in [-0.39, 0.29) is 13.1 Å². The molecule has 1 heterocycles. The van der Waals surface area contributed by atoms with Crippen molar-refractivity contribution in [1.29, 1.82) is 0 Å². The third-order valence-electron chi connectivity index (χ3n) is 4.02. The number of anilines is 1. The maximum absolute atomic E-state index is 13.8. The SMILES string of the molecule is O=S(=O)(c1c(F)cccc1F)N1CCN(c2ccc(Cl)c(Cl)c2)CC1. The molecule has 4 nitrogen and oxygen atoms in total. The van der Waals surface area contributed by atoms with Crippen LogP contribution in [0.5, 0.6) is 0 Å². The Hall–Kier alpha value is -1.41. The Morgan fingerprint density at radius 2 is 1.48 bits per heavy atom. The first-order valence-corrected chi connectivity index (χ1v) is 9.64. The van der Waals surface area contributed by atoms with Crippen molar-refractivity contribution in [1.82, 2.24) is 4.31 Å². The van der Waals surface area contributed by atoms with E-state index >= 15 is 0 Å². The third kappa shape index (κ3) is 3.60. The summed E-state index contributed by atoms with van der Waals surface area (Å²) in [4.78, 5) is 1.03. The largest absolute Gasteiger partial charge is 0.369 e. The fourth-order valence-corrected chi connectivity index (χ4v) is 4.55. The molecular weight excluding hydrogens is 393 g/mol. The second kappa shape index (κ2) is 7.07. The molecule has 1 fully saturated rings. The molecule has 0 spiro atoms. The molecule has 9 heteroatoms. The van der Waals surface area contributed by atoms with Gasteiger partial charge >= 0.3 is 0 Å². The number of sulfonamides is 1. The Bertz CT molecular complexity index is 881. The minimum absolute atomic E-state index is 0.107. The average Bonchev–Trinajstić information content (AvgIpc) is 2.57. The molecule has 0 atom stereocenters. The normalized spacial score (nSPS) is 16.2. The van der Waals surface area contributed by atoms with Crippen LogP contribution in [-0.2, 0) is 10.0 Å². The first-order valence-electron chi connectivity index (χ1n) is 7.45. The van der Waals surface area contributed by atoms with Gasteiger partial charge in [-0.05, 0) is 30.3 Å². The lowest BCUT2D eigenvalue weighted by Gasteiger charge is -2.35. The van der Waals surface area contributed by atoms with Gasteiger partial charge in [-0.3, -0.25) is 0 Å². The second-order valence-corrected chi connectivity index (χ2v) is 8.23. The Balaban J connectivity index is 1.78. The number of hydrogen-bond donors (Lipinski definition) is 0. The van der Waals surface area contributed by atoms with Gasteiger partial charge in [-0.1, -0.05) is 29.3 Å². The van der Waals surface area contributed by atoms with E-state index in [4.69, 9.17) is 23.2 Å². The Kier molecular flexibility index (Phi) is 5.20. The highest BCUT2D eigenvalue weighted by Crippen LogP contribution is 2.29. The van der Waals surface area contributed by atoms with Gasteiger partial charge in [0, 0.05) is 31.9 Å². The molecule has 0 unspecified atom stereocenters. The first-order chi connectivity index (χ1) is 11.8. The van der Waals surface area contributed by atoms with Gasteiger partial charge in [0.25, 0.3) is 0 Å². The molecule has 0 amide bonds. The van der Waals surface area contributed by atoms with Crippen LogP contribution in [0.15, 0.2) is 41.3 Å². The number of hydrogen-bond acceptors (Lipinski definition) is 3. The quantitative estimate of drug-likeness (QED) is 0.778. The van der Waals surface area contributed by atoms with Gasteiger partial charge in [0.2, 0.25) is 10.0 Å². The van der Waals surface area contributed by atoms with Crippen LogP contribution in [0.2, 0.25) is 10.0 Å². The first kappa shape index (κ1) is 18.4. The van der Waals surface area contributed by atoms with Crippen LogP contribution in [0.25, 0.3) is 0 Å². The van der Waals surface area contributed by atoms with Crippen LogP contribution in [0.4, 0.5) is 14.5 Å². The number of nitrogens with zero attached hydrogens (tertiary/aromatic N) is 2. The standard InChI is InChI=1S/C16H14Cl2F2N2O2S/c17-12-5-4-11(10-13(12)18)21-6-8-22(9-7-21)25(23,24)16-14(19)2-1-3-15(16)20/h1-5,10H,6-9H2. The fraction of sp³-hybridized carbons (Fsp3) is 0.250. The van der Waals surface area contributed by atoms with E-state index in [1.54, 1.807) is 18.2 Å². The van der Waals surface area contributed by atoms with E-state index in [2.05, 4.69) is 0 Å². The molecule has 2 aromatic rings. The fourth-order valence-electron chi connectivity index (χ4n) is 2.73. The van der Waals surface area contributed by atoms with Crippen molar-refractivity contribution < 1.29 is 17.2 Å². The van der Waals surface area contributed by atoms with Crippen molar-refractivity contribution >= 4 is 38.9 Å². The average molecular weight is 407 g/mol. The Labute approximate surface area is 154 Å². The van der Waals surface area contributed by atoms with Gasteiger partial charge in [0.05, 0.1) is 10.0 Å².